The Morgan fingerprint density at radius 1 is 0.861 bits per heavy atom. The van der Waals surface area contributed by atoms with Gasteiger partial charge in [0.25, 0.3) is 0 Å². The lowest BCUT2D eigenvalue weighted by Crippen LogP contribution is -2.61. The molecular weight excluding hydrogens is 444 g/mol. The van der Waals surface area contributed by atoms with Crippen LogP contribution in [-0.4, -0.2) is 34.2 Å². The number of nitrogens with zero attached hydrogens (tertiary/aromatic N) is 2. The molecule has 0 amide bonds. The number of aryl methyl sites for hydroxylation is 1. The fourth-order valence-corrected chi connectivity index (χ4v) is 7.30. The molecule has 4 heterocycles. The van der Waals surface area contributed by atoms with E-state index in [0.717, 1.165) is 50.9 Å². The Kier molecular flexibility index (Phi) is 5.16. The summed E-state index contributed by atoms with van der Waals surface area (Å²) in [4.78, 5) is 4.68. The largest absolute Gasteiger partial charge is 0.436 e. The molecule has 182 valence electrons. The lowest BCUT2D eigenvalue weighted by molar-refractivity contribution is -0.960. The molecule has 4 heteroatoms. The third kappa shape index (κ3) is 3.47. The highest BCUT2D eigenvalue weighted by molar-refractivity contribution is 5.81. The van der Waals surface area contributed by atoms with Gasteiger partial charge in [0.05, 0.1) is 25.8 Å². The van der Waals surface area contributed by atoms with Crippen molar-refractivity contribution >= 4 is 0 Å². The zero-order chi connectivity index (χ0) is 24.2. The molecule has 3 aromatic carbocycles. The van der Waals surface area contributed by atoms with Gasteiger partial charge in [-0.15, -0.1) is 0 Å². The third-order valence-corrected chi connectivity index (χ3v) is 9.16. The second kappa shape index (κ2) is 8.43. The molecule has 2 bridgehead atoms. The maximum absolute atomic E-state index is 12.1. The van der Waals surface area contributed by atoms with Gasteiger partial charge in [-0.2, -0.15) is 0 Å². The van der Waals surface area contributed by atoms with Crippen LogP contribution < -0.4 is 0 Å². The second-order valence-electron chi connectivity index (χ2n) is 11.2. The Morgan fingerprint density at radius 3 is 2.19 bits per heavy atom. The number of aromatic nitrogens is 1. The molecule has 1 atom stereocenters. The first kappa shape index (κ1) is 22.0. The first-order chi connectivity index (χ1) is 17.6. The molecule has 0 radical (unpaired) electrons. The monoisotopic (exact) mass is 477 g/mol. The Balaban J connectivity index is 1.14. The molecule has 3 fully saturated rings. The molecule has 1 unspecified atom stereocenters. The van der Waals surface area contributed by atoms with Gasteiger partial charge in [0.2, 0.25) is 5.89 Å². The highest BCUT2D eigenvalue weighted by Crippen LogP contribution is 2.50. The summed E-state index contributed by atoms with van der Waals surface area (Å²) in [6, 6.07) is 27.0. The standard InChI is InChI=1S/C32H33N2O2/c35-32(29-12-6-4-10-27(29)28-11-5-7-13-30(28)32)31-33-20-26(36-31)22-34-18-16-24(17-19-34)25(21-34)15-14-23-8-2-1-3-9-23/h1-13,20,24-25,35H,14-19,21-22H2/q+1. The van der Waals surface area contributed by atoms with Gasteiger partial charge in [-0.1, -0.05) is 78.9 Å². The van der Waals surface area contributed by atoms with Gasteiger partial charge in [-0.05, 0) is 35.4 Å². The maximum atomic E-state index is 12.1. The summed E-state index contributed by atoms with van der Waals surface area (Å²) in [6.07, 6.45) is 6.92. The number of fused-ring (bicyclic) bond motifs is 6. The third-order valence-electron chi connectivity index (χ3n) is 9.16. The quantitative estimate of drug-likeness (QED) is 0.350. The molecule has 1 aromatic heterocycles. The van der Waals surface area contributed by atoms with E-state index < -0.39 is 5.60 Å². The van der Waals surface area contributed by atoms with E-state index in [9.17, 15) is 5.11 Å². The van der Waals surface area contributed by atoms with Crippen LogP contribution in [0.25, 0.3) is 11.1 Å². The van der Waals surface area contributed by atoms with E-state index in [1.54, 1.807) is 0 Å². The van der Waals surface area contributed by atoms with Crippen molar-refractivity contribution in [2.24, 2.45) is 11.8 Å². The van der Waals surface area contributed by atoms with Gasteiger partial charge in [-0.25, -0.2) is 4.98 Å². The van der Waals surface area contributed by atoms with E-state index in [4.69, 9.17) is 4.42 Å². The zero-order valence-corrected chi connectivity index (χ0v) is 20.6. The van der Waals surface area contributed by atoms with Crippen LogP contribution in [0.2, 0.25) is 0 Å². The number of rotatable bonds is 6. The normalized spacial score (nSPS) is 25.5. The first-order valence-corrected chi connectivity index (χ1v) is 13.4. The van der Waals surface area contributed by atoms with E-state index in [0.29, 0.717) is 5.89 Å². The lowest BCUT2D eigenvalue weighted by Gasteiger charge is -2.52. The summed E-state index contributed by atoms with van der Waals surface area (Å²) in [5.74, 6) is 2.92. The second-order valence-corrected chi connectivity index (χ2v) is 11.2. The molecule has 4 aromatic rings. The van der Waals surface area contributed by atoms with Gasteiger partial charge in [0.15, 0.2) is 11.4 Å². The lowest BCUT2D eigenvalue weighted by atomic mass is 9.74. The van der Waals surface area contributed by atoms with Crippen LogP contribution >= 0.6 is 0 Å². The molecule has 8 rings (SSSR count). The van der Waals surface area contributed by atoms with Crippen LogP contribution in [0.15, 0.2) is 89.5 Å². The van der Waals surface area contributed by atoms with Crippen LogP contribution in [0.4, 0.5) is 0 Å². The van der Waals surface area contributed by atoms with Crippen LogP contribution in [0, 0.1) is 11.8 Å². The van der Waals surface area contributed by atoms with Crippen molar-refractivity contribution in [3.8, 4) is 11.1 Å². The smallest absolute Gasteiger partial charge is 0.236 e. The van der Waals surface area contributed by atoms with E-state index in [1.807, 2.05) is 42.6 Å². The maximum Gasteiger partial charge on any atom is 0.236 e. The van der Waals surface area contributed by atoms with Crippen molar-refractivity contribution < 1.29 is 14.0 Å². The topological polar surface area (TPSA) is 46.3 Å². The fourth-order valence-electron chi connectivity index (χ4n) is 7.30. The van der Waals surface area contributed by atoms with Gasteiger partial charge in [0.1, 0.15) is 6.54 Å². The minimum absolute atomic E-state index is 0.389. The predicted octanol–water partition coefficient (Wildman–Crippen LogP) is 5.93. The summed E-state index contributed by atoms with van der Waals surface area (Å²) in [5, 5.41) is 12.1. The first-order valence-electron chi connectivity index (χ1n) is 13.4. The number of hydrogen-bond acceptors (Lipinski definition) is 3. The minimum atomic E-state index is -1.35. The minimum Gasteiger partial charge on any atom is -0.436 e. The summed E-state index contributed by atoms with van der Waals surface area (Å²) in [5.41, 5.74) is 3.91. The molecule has 4 nitrogen and oxygen atoms in total. The molecule has 4 aliphatic rings. The molecule has 0 saturated carbocycles. The molecule has 3 saturated heterocycles. The molecule has 0 spiro atoms. The van der Waals surface area contributed by atoms with Gasteiger partial charge in [0, 0.05) is 29.9 Å². The number of piperidine rings is 3. The fraction of sp³-hybridized carbons (Fsp3) is 0.344. The summed E-state index contributed by atoms with van der Waals surface area (Å²) >= 11 is 0. The van der Waals surface area contributed by atoms with E-state index in [1.165, 1.54) is 50.9 Å². The average molecular weight is 478 g/mol. The van der Waals surface area contributed by atoms with E-state index >= 15 is 0 Å². The van der Waals surface area contributed by atoms with E-state index in [2.05, 4.69) is 47.4 Å². The highest BCUT2D eigenvalue weighted by Gasteiger charge is 2.48. The molecule has 36 heavy (non-hydrogen) atoms. The Hall–Kier alpha value is -3.21. The molecule has 3 aliphatic heterocycles. The molecule has 1 aliphatic carbocycles. The highest BCUT2D eigenvalue weighted by atomic mass is 16.4. The average Bonchev–Trinajstić information content (AvgIpc) is 3.50. The van der Waals surface area contributed by atoms with Crippen LogP contribution in [0.1, 0.15) is 47.6 Å². The number of oxazole rings is 1. The van der Waals surface area contributed by atoms with Crippen molar-refractivity contribution in [1.82, 2.24) is 4.98 Å². The summed E-state index contributed by atoms with van der Waals surface area (Å²) in [7, 11) is 0. The Bertz CT molecular complexity index is 1340. The zero-order valence-electron chi connectivity index (χ0n) is 20.6. The Morgan fingerprint density at radius 2 is 1.50 bits per heavy atom. The van der Waals surface area contributed by atoms with Crippen LogP contribution in [0.3, 0.4) is 0 Å². The number of aliphatic hydroxyl groups is 1. The van der Waals surface area contributed by atoms with Crippen molar-refractivity contribution in [3.05, 3.63) is 113 Å². The Labute approximate surface area is 212 Å². The van der Waals surface area contributed by atoms with Crippen molar-refractivity contribution in [3.63, 3.8) is 0 Å². The van der Waals surface area contributed by atoms with Crippen molar-refractivity contribution in [2.75, 3.05) is 19.6 Å². The molecular formula is C32H33N2O2+. The summed E-state index contributed by atoms with van der Waals surface area (Å²) < 4.78 is 7.51. The van der Waals surface area contributed by atoms with Crippen LogP contribution in [0.5, 0.6) is 0 Å². The number of benzene rings is 3. The van der Waals surface area contributed by atoms with Gasteiger partial charge < -0.3 is 14.0 Å². The summed E-state index contributed by atoms with van der Waals surface area (Å²) in [6.45, 7) is 4.53. The molecule has 1 N–H and O–H groups in total. The van der Waals surface area contributed by atoms with Crippen molar-refractivity contribution in [2.45, 2.75) is 37.8 Å². The number of quaternary nitrogens is 1. The van der Waals surface area contributed by atoms with Crippen LogP contribution in [-0.2, 0) is 18.6 Å². The number of hydrogen-bond donors (Lipinski definition) is 1. The van der Waals surface area contributed by atoms with Gasteiger partial charge >= 0.3 is 0 Å². The SMILES string of the molecule is OC1(c2ncc(C[N+]34CCC(CC3)C(CCc3ccccc3)C4)o2)c2ccccc2-c2ccccc21. The predicted molar refractivity (Wildman–Crippen MR) is 140 cm³/mol. The van der Waals surface area contributed by atoms with E-state index in [-0.39, 0.29) is 0 Å². The van der Waals surface area contributed by atoms with Crippen molar-refractivity contribution in [1.29, 1.82) is 0 Å². The van der Waals surface area contributed by atoms with Gasteiger partial charge in [-0.3, -0.25) is 0 Å².